The summed E-state index contributed by atoms with van der Waals surface area (Å²) in [6.45, 7) is 2.07. The van der Waals surface area contributed by atoms with Crippen molar-refractivity contribution in [2.45, 2.75) is 19.3 Å². The lowest BCUT2D eigenvalue weighted by molar-refractivity contribution is -0.117. The second kappa shape index (κ2) is 5.59. The summed E-state index contributed by atoms with van der Waals surface area (Å²) in [7, 11) is 0. The Kier molecular flexibility index (Phi) is 3.41. The molecule has 0 spiro atoms. The summed E-state index contributed by atoms with van der Waals surface area (Å²) >= 11 is 0. The van der Waals surface area contributed by atoms with E-state index >= 15 is 0 Å². The number of rotatable bonds is 3. The molecular formula is C17H14FN3O3. The SMILES string of the molecule is Cc1ccc(N2CC(c3noc(-c4ccco4)n3)CC2=O)cc1F. The molecular weight excluding hydrogens is 313 g/mol. The maximum atomic E-state index is 13.8. The molecule has 1 amide bonds. The number of carbonyl (C=O) groups excluding carboxylic acids is 1. The molecule has 1 aliphatic heterocycles. The van der Waals surface area contributed by atoms with Crippen LogP contribution in [-0.2, 0) is 4.79 Å². The number of hydrogen-bond acceptors (Lipinski definition) is 5. The fourth-order valence-corrected chi connectivity index (χ4v) is 2.78. The van der Waals surface area contributed by atoms with Gasteiger partial charge < -0.3 is 13.8 Å². The quantitative estimate of drug-likeness (QED) is 0.738. The molecule has 1 saturated heterocycles. The minimum Gasteiger partial charge on any atom is -0.459 e. The largest absolute Gasteiger partial charge is 0.459 e. The summed E-state index contributed by atoms with van der Waals surface area (Å²) in [6.07, 6.45) is 1.78. The van der Waals surface area contributed by atoms with Crippen molar-refractivity contribution in [2.24, 2.45) is 0 Å². The van der Waals surface area contributed by atoms with Crippen molar-refractivity contribution in [2.75, 3.05) is 11.4 Å². The Hall–Kier alpha value is -2.96. The summed E-state index contributed by atoms with van der Waals surface area (Å²) in [6, 6.07) is 8.22. The topological polar surface area (TPSA) is 72.4 Å². The zero-order valence-corrected chi connectivity index (χ0v) is 12.9. The molecule has 1 aromatic carbocycles. The first-order valence-corrected chi connectivity index (χ1v) is 7.56. The lowest BCUT2D eigenvalue weighted by Gasteiger charge is -2.16. The standard InChI is InChI=1S/C17H14FN3O3/c1-10-4-5-12(8-13(10)18)21-9-11(7-15(21)22)16-19-17(24-20-16)14-3-2-6-23-14/h2-6,8,11H,7,9H2,1H3. The van der Waals surface area contributed by atoms with Crippen molar-refractivity contribution in [3.8, 4) is 11.7 Å². The minimum absolute atomic E-state index is 0.0902. The molecule has 0 radical (unpaired) electrons. The molecule has 122 valence electrons. The van der Waals surface area contributed by atoms with Crippen LogP contribution in [0.2, 0.25) is 0 Å². The van der Waals surface area contributed by atoms with Gasteiger partial charge in [0.1, 0.15) is 5.82 Å². The third-order valence-corrected chi connectivity index (χ3v) is 4.13. The Balaban J connectivity index is 1.56. The van der Waals surface area contributed by atoms with E-state index in [1.54, 1.807) is 36.1 Å². The van der Waals surface area contributed by atoms with Gasteiger partial charge in [0, 0.05) is 24.6 Å². The molecule has 2 aromatic heterocycles. The number of anilines is 1. The summed E-state index contributed by atoms with van der Waals surface area (Å²) < 4.78 is 24.2. The Bertz CT molecular complexity index is 888. The van der Waals surface area contributed by atoms with Gasteiger partial charge in [0.05, 0.1) is 6.26 Å². The van der Waals surface area contributed by atoms with E-state index in [2.05, 4.69) is 10.1 Å². The lowest BCUT2D eigenvalue weighted by atomic mass is 10.1. The molecule has 0 saturated carbocycles. The molecule has 24 heavy (non-hydrogen) atoms. The molecule has 7 heteroatoms. The van der Waals surface area contributed by atoms with Gasteiger partial charge in [-0.2, -0.15) is 4.98 Å². The number of furan rings is 1. The molecule has 3 aromatic rings. The molecule has 1 fully saturated rings. The number of amides is 1. The van der Waals surface area contributed by atoms with Crippen molar-refractivity contribution in [3.05, 3.63) is 53.8 Å². The first-order chi connectivity index (χ1) is 11.6. The van der Waals surface area contributed by atoms with E-state index < -0.39 is 0 Å². The predicted octanol–water partition coefficient (Wildman–Crippen LogP) is 3.30. The fourth-order valence-electron chi connectivity index (χ4n) is 2.78. The first-order valence-electron chi connectivity index (χ1n) is 7.56. The van der Waals surface area contributed by atoms with Crippen LogP contribution in [0.4, 0.5) is 10.1 Å². The van der Waals surface area contributed by atoms with Gasteiger partial charge in [-0.05, 0) is 36.8 Å². The van der Waals surface area contributed by atoms with Crippen LogP contribution >= 0.6 is 0 Å². The Morgan fingerprint density at radius 1 is 1.33 bits per heavy atom. The summed E-state index contributed by atoms with van der Waals surface area (Å²) in [5, 5.41) is 3.95. The average Bonchev–Trinajstić information content (AvgIpc) is 3.28. The Labute approximate surface area is 136 Å². The molecule has 1 unspecified atom stereocenters. The maximum absolute atomic E-state index is 13.8. The van der Waals surface area contributed by atoms with E-state index in [0.717, 1.165) is 0 Å². The molecule has 1 atom stereocenters. The van der Waals surface area contributed by atoms with Crippen molar-refractivity contribution < 1.29 is 18.1 Å². The second-order valence-corrected chi connectivity index (χ2v) is 5.77. The molecule has 4 rings (SSSR count). The zero-order chi connectivity index (χ0) is 16.7. The monoisotopic (exact) mass is 327 g/mol. The van der Waals surface area contributed by atoms with Crippen LogP contribution in [-0.4, -0.2) is 22.6 Å². The minimum atomic E-state index is -0.330. The highest BCUT2D eigenvalue weighted by atomic mass is 19.1. The predicted molar refractivity (Wildman–Crippen MR) is 82.8 cm³/mol. The Morgan fingerprint density at radius 3 is 2.96 bits per heavy atom. The second-order valence-electron chi connectivity index (χ2n) is 5.77. The number of carbonyl (C=O) groups is 1. The number of aryl methyl sites for hydroxylation is 1. The summed E-state index contributed by atoms with van der Waals surface area (Å²) in [5.41, 5.74) is 1.09. The van der Waals surface area contributed by atoms with Crippen LogP contribution in [0.15, 0.2) is 45.5 Å². The highest BCUT2D eigenvalue weighted by Crippen LogP contribution is 2.32. The number of nitrogens with zero attached hydrogens (tertiary/aromatic N) is 3. The zero-order valence-electron chi connectivity index (χ0n) is 12.9. The van der Waals surface area contributed by atoms with Gasteiger partial charge in [-0.15, -0.1) is 0 Å². The fraction of sp³-hybridized carbons (Fsp3) is 0.235. The number of benzene rings is 1. The van der Waals surface area contributed by atoms with Crippen LogP contribution in [0, 0.1) is 12.7 Å². The van der Waals surface area contributed by atoms with E-state index in [1.165, 1.54) is 12.3 Å². The van der Waals surface area contributed by atoms with Crippen molar-refractivity contribution in [1.82, 2.24) is 10.1 Å². The highest BCUT2D eigenvalue weighted by Gasteiger charge is 2.35. The third kappa shape index (κ3) is 2.47. The van der Waals surface area contributed by atoms with E-state index in [0.29, 0.717) is 29.4 Å². The van der Waals surface area contributed by atoms with Gasteiger partial charge in [0.2, 0.25) is 5.91 Å². The van der Waals surface area contributed by atoms with E-state index in [1.807, 2.05) is 0 Å². The first kappa shape index (κ1) is 14.6. The molecule has 3 heterocycles. The average molecular weight is 327 g/mol. The lowest BCUT2D eigenvalue weighted by Crippen LogP contribution is -2.24. The third-order valence-electron chi connectivity index (χ3n) is 4.13. The normalized spacial score (nSPS) is 17.7. The Morgan fingerprint density at radius 2 is 2.21 bits per heavy atom. The number of hydrogen-bond donors (Lipinski definition) is 0. The number of aromatic nitrogens is 2. The van der Waals surface area contributed by atoms with Gasteiger partial charge in [0.25, 0.3) is 5.89 Å². The van der Waals surface area contributed by atoms with Crippen LogP contribution in [0.25, 0.3) is 11.7 Å². The van der Waals surface area contributed by atoms with Gasteiger partial charge >= 0.3 is 0 Å². The van der Waals surface area contributed by atoms with Crippen molar-refractivity contribution >= 4 is 11.6 Å². The van der Waals surface area contributed by atoms with Crippen LogP contribution < -0.4 is 4.90 Å². The summed E-state index contributed by atoms with van der Waals surface area (Å²) in [4.78, 5) is 18.1. The molecule has 1 aliphatic rings. The smallest absolute Gasteiger partial charge is 0.293 e. The van der Waals surface area contributed by atoms with Gasteiger partial charge in [0.15, 0.2) is 11.6 Å². The van der Waals surface area contributed by atoms with E-state index in [9.17, 15) is 9.18 Å². The number of halogens is 1. The molecule has 0 bridgehead atoms. The van der Waals surface area contributed by atoms with Gasteiger partial charge in [-0.1, -0.05) is 11.2 Å². The van der Waals surface area contributed by atoms with Crippen LogP contribution in [0.1, 0.15) is 23.7 Å². The van der Waals surface area contributed by atoms with Crippen molar-refractivity contribution in [1.29, 1.82) is 0 Å². The van der Waals surface area contributed by atoms with Crippen LogP contribution in [0.3, 0.4) is 0 Å². The molecule has 0 N–H and O–H groups in total. The van der Waals surface area contributed by atoms with Crippen molar-refractivity contribution in [3.63, 3.8) is 0 Å². The van der Waals surface area contributed by atoms with E-state index in [4.69, 9.17) is 8.94 Å². The molecule has 6 nitrogen and oxygen atoms in total. The van der Waals surface area contributed by atoms with Gasteiger partial charge in [-0.3, -0.25) is 4.79 Å². The highest BCUT2D eigenvalue weighted by molar-refractivity contribution is 5.96. The van der Waals surface area contributed by atoms with Gasteiger partial charge in [-0.25, -0.2) is 4.39 Å². The van der Waals surface area contributed by atoms with Crippen LogP contribution in [0.5, 0.6) is 0 Å². The maximum Gasteiger partial charge on any atom is 0.293 e. The molecule has 0 aliphatic carbocycles. The summed E-state index contributed by atoms with van der Waals surface area (Å²) in [5.74, 6) is 0.591. The van der Waals surface area contributed by atoms with E-state index in [-0.39, 0.29) is 30.0 Å².